The smallest absolute Gasteiger partial charge is 0.293 e. The summed E-state index contributed by atoms with van der Waals surface area (Å²) in [6.07, 6.45) is 7.04. The fourth-order valence-corrected chi connectivity index (χ4v) is 5.72. The zero-order chi connectivity index (χ0) is 17.7. The van der Waals surface area contributed by atoms with E-state index >= 15 is 0 Å². The summed E-state index contributed by atoms with van der Waals surface area (Å²) in [7, 11) is 0. The minimum absolute atomic E-state index is 0.00583. The molecule has 1 N–H and O–H groups in total. The van der Waals surface area contributed by atoms with Crippen LogP contribution in [0.2, 0.25) is 0 Å². The van der Waals surface area contributed by atoms with E-state index in [1.165, 1.54) is 18.4 Å². The van der Waals surface area contributed by atoms with Gasteiger partial charge in [0.25, 0.3) is 5.91 Å². The topological polar surface area (TPSA) is 58.4 Å². The van der Waals surface area contributed by atoms with Crippen LogP contribution in [0.3, 0.4) is 0 Å². The molecule has 2 aromatic rings. The van der Waals surface area contributed by atoms with Gasteiger partial charge in [-0.3, -0.25) is 4.79 Å². The summed E-state index contributed by atoms with van der Waals surface area (Å²) in [5.41, 5.74) is 1.44. The van der Waals surface area contributed by atoms with E-state index in [1.54, 1.807) is 12.3 Å². The number of aromatic nitrogens is 1. The monoisotopic (exact) mass is 351 g/mol. The number of piperidine rings is 1. The van der Waals surface area contributed by atoms with Gasteiger partial charge in [0.05, 0.1) is 12.2 Å². The van der Waals surface area contributed by atoms with Gasteiger partial charge >= 0.3 is 0 Å². The number of carbonyl (C=O) groups excluding carboxylic acids is 1. The SMILES string of the molecule is C[C@]12C[C@@H]3N[C@H]1CCC[C@H]2N(C(=O)c1ccno1)[C@H]3Cc1ccccc1. The Morgan fingerprint density at radius 2 is 2.15 bits per heavy atom. The van der Waals surface area contributed by atoms with Gasteiger partial charge in [-0.1, -0.05) is 42.4 Å². The Labute approximate surface area is 153 Å². The predicted molar refractivity (Wildman–Crippen MR) is 97.7 cm³/mol. The van der Waals surface area contributed by atoms with Crippen molar-refractivity contribution in [3.8, 4) is 0 Å². The summed E-state index contributed by atoms with van der Waals surface area (Å²) in [4.78, 5) is 15.5. The van der Waals surface area contributed by atoms with Crippen molar-refractivity contribution >= 4 is 5.91 Å². The molecule has 136 valence electrons. The van der Waals surface area contributed by atoms with Gasteiger partial charge in [0.2, 0.25) is 5.76 Å². The standard InChI is InChI=1S/C21H25N3O2/c1-21-13-15-16(12-14-6-3-2-4-7-14)24(20(25)17-10-11-22-26-17)19(21)9-5-8-18(21)23-15/h2-4,6-7,10-11,15-16,18-19,23H,5,8-9,12-13H2,1H3/t15-,16-,18-,19+,21-/m0/s1. The van der Waals surface area contributed by atoms with Gasteiger partial charge in [0, 0.05) is 29.6 Å². The maximum Gasteiger partial charge on any atom is 0.293 e. The second-order valence-corrected chi connectivity index (χ2v) is 8.33. The van der Waals surface area contributed by atoms with E-state index in [0.29, 0.717) is 17.8 Å². The fraction of sp³-hybridized carbons (Fsp3) is 0.524. The van der Waals surface area contributed by atoms with Crippen LogP contribution in [0.15, 0.2) is 47.1 Å². The molecule has 1 amide bonds. The highest BCUT2D eigenvalue weighted by Gasteiger charge is 2.60. The van der Waals surface area contributed by atoms with Crippen LogP contribution in [-0.4, -0.2) is 40.1 Å². The van der Waals surface area contributed by atoms with E-state index in [1.807, 2.05) is 6.07 Å². The summed E-state index contributed by atoms with van der Waals surface area (Å²) in [5.74, 6) is 0.351. The summed E-state index contributed by atoms with van der Waals surface area (Å²) in [6.45, 7) is 2.37. The molecule has 5 heteroatoms. The van der Waals surface area contributed by atoms with E-state index < -0.39 is 0 Å². The average molecular weight is 351 g/mol. The number of amides is 1. The van der Waals surface area contributed by atoms with Crippen molar-refractivity contribution in [3.63, 3.8) is 0 Å². The van der Waals surface area contributed by atoms with Gasteiger partial charge in [-0.2, -0.15) is 0 Å². The lowest BCUT2D eigenvalue weighted by Crippen LogP contribution is -2.62. The highest BCUT2D eigenvalue weighted by molar-refractivity contribution is 5.92. The quantitative estimate of drug-likeness (QED) is 0.923. The number of benzene rings is 1. The van der Waals surface area contributed by atoms with Gasteiger partial charge in [-0.25, -0.2) is 0 Å². The Bertz CT molecular complexity index is 791. The number of fused-ring (bicyclic) bond motifs is 1. The number of likely N-dealkylation sites (tertiary alicyclic amines) is 1. The molecular weight excluding hydrogens is 326 g/mol. The summed E-state index contributed by atoms with van der Waals surface area (Å²) >= 11 is 0. The van der Waals surface area contributed by atoms with Crippen molar-refractivity contribution in [2.24, 2.45) is 5.41 Å². The van der Waals surface area contributed by atoms with Crippen molar-refractivity contribution in [2.75, 3.05) is 0 Å². The third-order valence-corrected chi connectivity index (χ3v) is 6.93. The first-order chi connectivity index (χ1) is 12.7. The van der Waals surface area contributed by atoms with Crippen LogP contribution in [0.5, 0.6) is 0 Å². The molecule has 5 atom stereocenters. The van der Waals surface area contributed by atoms with Crippen LogP contribution in [0.1, 0.15) is 48.7 Å². The van der Waals surface area contributed by atoms with Crippen molar-refractivity contribution in [2.45, 2.75) is 63.2 Å². The van der Waals surface area contributed by atoms with E-state index in [9.17, 15) is 4.79 Å². The number of hydrogen-bond acceptors (Lipinski definition) is 4. The highest BCUT2D eigenvalue weighted by atomic mass is 16.5. The number of nitrogens with zero attached hydrogens (tertiary/aromatic N) is 2. The lowest BCUT2D eigenvalue weighted by atomic mass is 9.64. The molecule has 1 saturated carbocycles. The molecule has 3 fully saturated rings. The normalized spacial score (nSPS) is 35.5. The molecule has 1 aliphatic carbocycles. The first-order valence-electron chi connectivity index (χ1n) is 9.70. The molecule has 3 aliphatic rings. The average Bonchev–Trinajstić information content (AvgIpc) is 3.29. The fourth-order valence-electron chi connectivity index (χ4n) is 5.72. The first kappa shape index (κ1) is 16.1. The predicted octanol–water partition coefficient (Wildman–Crippen LogP) is 3.03. The molecule has 5 nitrogen and oxygen atoms in total. The van der Waals surface area contributed by atoms with Crippen LogP contribution in [0, 0.1) is 5.41 Å². The lowest BCUT2D eigenvalue weighted by Gasteiger charge is -2.53. The minimum atomic E-state index is -0.00583. The highest BCUT2D eigenvalue weighted by Crippen LogP contribution is 2.52. The lowest BCUT2D eigenvalue weighted by molar-refractivity contribution is -0.0134. The molecule has 0 unspecified atom stereocenters. The third-order valence-electron chi connectivity index (χ3n) is 6.93. The molecule has 0 radical (unpaired) electrons. The van der Waals surface area contributed by atoms with E-state index in [2.05, 4.69) is 46.6 Å². The maximum absolute atomic E-state index is 13.4. The number of carbonyl (C=O) groups is 1. The molecule has 2 aliphatic heterocycles. The second-order valence-electron chi connectivity index (χ2n) is 8.33. The van der Waals surface area contributed by atoms with E-state index in [0.717, 1.165) is 19.3 Å². The minimum Gasteiger partial charge on any atom is -0.351 e. The van der Waals surface area contributed by atoms with E-state index in [-0.39, 0.29) is 23.4 Å². The Morgan fingerprint density at radius 3 is 2.92 bits per heavy atom. The van der Waals surface area contributed by atoms with Crippen LogP contribution < -0.4 is 5.32 Å². The van der Waals surface area contributed by atoms with E-state index in [4.69, 9.17) is 4.52 Å². The van der Waals surface area contributed by atoms with Gasteiger partial charge in [-0.05, 0) is 37.7 Å². The molecule has 1 aromatic carbocycles. The maximum atomic E-state index is 13.4. The summed E-state index contributed by atoms with van der Waals surface area (Å²) in [6, 6.07) is 13.5. The number of rotatable bonds is 3. The second kappa shape index (κ2) is 5.95. The Kier molecular flexibility index (Phi) is 3.67. The van der Waals surface area contributed by atoms with Gasteiger partial charge in [0.1, 0.15) is 0 Å². The van der Waals surface area contributed by atoms with Crippen molar-refractivity contribution < 1.29 is 9.32 Å². The molecule has 1 aromatic heterocycles. The zero-order valence-electron chi connectivity index (χ0n) is 15.1. The van der Waals surface area contributed by atoms with Crippen molar-refractivity contribution in [1.29, 1.82) is 0 Å². The van der Waals surface area contributed by atoms with Gasteiger partial charge in [-0.15, -0.1) is 0 Å². The molecule has 2 saturated heterocycles. The third kappa shape index (κ3) is 2.33. The summed E-state index contributed by atoms with van der Waals surface area (Å²) in [5, 5.41) is 7.64. The Balaban J connectivity index is 1.55. The van der Waals surface area contributed by atoms with Crippen LogP contribution in [0.25, 0.3) is 0 Å². The molecule has 26 heavy (non-hydrogen) atoms. The molecule has 0 spiro atoms. The molecule has 5 rings (SSSR count). The Hall–Kier alpha value is -2.14. The van der Waals surface area contributed by atoms with Crippen molar-refractivity contribution in [3.05, 3.63) is 53.9 Å². The van der Waals surface area contributed by atoms with Gasteiger partial charge < -0.3 is 14.7 Å². The molecular formula is C21H25N3O2. The number of hydrogen-bond donors (Lipinski definition) is 1. The Morgan fingerprint density at radius 1 is 1.31 bits per heavy atom. The van der Waals surface area contributed by atoms with Crippen LogP contribution in [-0.2, 0) is 6.42 Å². The molecule has 2 bridgehead atoms. The van der Waals surface area contributed by atoms with Crippen LogP contribution in [0.4, 0.5) is 0 Å². The first-order valence-corrected chi connectivity index (χ1v) is 9.70. The zero-order valence-corrected chi connectivity index (χ0v) is 15.1. The largest absolute Gasteiger partial charge is 0.351 e. The summed E-state index contributed by atoms with van der Waals surface area (Å²) < 4.78 is 5.25. The molecule has 3 heterocycles. The van der Waals surface area contributed by atoms with Gasteiger partial charge in [0.15, 0.2) is 0 Å². The number of nitrogens with one attached hydrogen (secondary N) is 1. The van der Waals surface area contributed by atoms with Crippen LogP contribution >= 0.6 is 0 Å². The van der Waals surface area contributed by atoms with Crippen molar-refractivity contribution in [1.82, 2.24) is 15.4 Å².